The van der Waals surface area contributed by atoms with Crippen LogP contribution in [-0.4, -0.2) is 16.1 Å². The number of hydrogen-bond donors (Lipinski definition) is 1. The van der Waals surface area contributed by atoms with Gasteiger partial charge in [-0.3, -0.25) is 9.78 Å². The summed E-state index contributed by atoms with van der Waals surface area (Å²) in [5.74, 6) is -1.11. The maximum atomic E-state index is 10.8. The first kappa shape index (κ1) is 12.3. The fourth-order valence-corrected chi connectivity index (χ4v) is 1.81. The Morgan fingerprint density at radius 1 is 1.22 bits per heavy atom. The van der Waals surface area contributed by atoms with E-state index in [1.807, 2.05) is 42.6 Å². The van der Waals surface area contributed by atoms with Crippen LogP contribution in [-0.2, 0) is 11.2 Å². The Morgan fingerprint density at radius 2 is 1.94 bits per heavy atom. The molecule has 0 aliphatic rings. The van der Waals surface area contributed by atoms with Crippen molar-refractivity contribution in [3.63, 3.8) is 0 Å². The first-order chi connectivity index (χ1) is 8.66. The Morgan fingerprint density at radius 3 is 2.50 bits per heavy atom. The molecule has 1 heterocycles. The third-order valence-corrected chi connectivity index (χ3v) is 2.91. The first-order valence-electron chi connectivity index (χ1n) is 5.89. The van der Waals surface area contributed by atoms with E-state index in [2.05, 4.69) is 4.98 Å². The molecule has 0 spiro atoms. The van der Waals surface area contributed by atoms with Crippen molar-refractivity contribution in [2.24, 2.45) is 5.92 Å². The van der Waals surface area contributed by atoms with Crippen LogP contribution in [0.5, 0.6) is 0 Å². The van der Waals surface area contributed by atoms with Crippen molar-refractivity contribution >= 4 is 5.97 Å². The molecule has 18 heavy (non-hydrogen) atoms. The molecular weight excluding hydrogens is 226 g/mol. The molecule has 0 amide bonds. The van der Waals surface area contributed by atoms with E-state index in [0.717, 1.165) is 16.7 Å². The summed E-state index contributed by atoms with van der Waals surface area (Å²) in [6.45, 7) is 1.72. The van der Waals surface area contributed by atoms with Crippen LogP contribution in [0, 0.1) is 5.92 Å². The monoisotopic (exact) mass is 241 g/mol. The third kappa shape index (κ3) is 2.94. The molecule has 0 aliphatic carbocycles. The van der Waals surface area contributed by atoms with Gasteiger partial charge in [-0.05, 0) is 29.2 Å². The maximum absolute atomic E-state index is 10.8. The first-order valence-corrected chi connectivity index (χ1v) is 5.89. The van der Waals surface area contributed by atoms with Gasteiger partial charge in [-0.25, -0.2) is 0 Å². The molecule has 3 heteroatoms. The highest BCUT2D eigenvalue weighted by Gasteiger charge is 2.11. The summed E-state index contributed by atoms with van der Waals surface area (Å²) in [5, 5.41) is 8.87. The molecule has 0 saturated carbocycles. The van der Waals surface area contributed by atoms with Crippen molar-refractivity contribution in [3.05, 3.63) is 54.4 Å². The molecule has 0 fully saturated rings. The molecule has 0 bridgehead atoms. The quantitative estimate of drug-likeness (QED) is 0.895. The fourth-order valence-electron chi connectivity index (χ4n) is 1.81. The van der Waals surface area contributed by atoms with Crippen LogP contribution in [0.15, 0.2) is 48.8 Å². The SMILES string of the molecule is C[C@@H](Cc1ccc(-c2cccnc2)cc1)C(=O)O. The molecule has 0 radical (unpaired) electrons. The number of carbonyl (C=O) groups is 1. The van der Waals surface area contributed by atoms with Crippen molar-refractivity contribution in [2.45, 2.75) is 13.3 Å². The van der Waals surface area contributed by atoms with Crippen LogP contribution in [0.4, 0.5) is 0 Å². The summed E-state index contributed by atoms with van der Waals surface area (Å²) in [4.78, 5) is 14.9. The lowest BCUT2D eigenvalue weighted by Crippen LogP contribution is -2.12. The number of rotatable bonds is 4. The van der Waals surface area contributed by atoms with Gasteiger partial charge in [0.1, 0.15) is 0 Å². The van der Waals surface area contributed by atoms with Gasteiger partial charge in [0.25, 0.3) is 0 Å². The van der Waals surface area contributed by atoms with Crippen LogP contribution >= 0.6 is 0 Å². The molecule has 1 aromatic carbocycles. The van der Waals surface area contributed by atoms with Crippen LogP contribution in [0.3, 0.4) is 0 Å². The van der Waals surface area contributed by atoms with E-state index in [0.29, 0.717) is 6.42 Å². The lowest BCUT2D eigenvalue weighted by Gasteiger charge is -2.07. The highest BCUT2D eigenvalue weighted by Crippen LogP contribution is 2.19. The average molecular weight is 241 g/mol. The zero-order valence-electron chi connectivity index (χ0n) is 10.2. The second-order valence-electron chi connectivity index (χ2n) is 4.38. The van der Waals surface area contributed by atoms with Gasteiger partial charge in [-0.1, -0.05) is 37.3 Å². The van der Waals surface area contributed by atoms with Crippen molar-refractivity contribution in [2.75, 3.05) is 0 Å². The largest absolute Gasteiger partial charge is 0.481 e. The zero-order valence-corrected chi connectivity index (χ0v) is 10.2. The second kappa shape index (κ2) is 5.45. The van der Waals surface area contributed by atoms with Crippen LogP contribution in [0.1, 0.15) is 12.5 Å². The standard InChI is InChI=1S/C15H15NO2/c1-11(15(17)18)9-12-4-6-13(7-5-12)14-3-2-8-16-10-14/h2-8,10-11H,9H2,1H3,(H,17,18)/t11-/m0/s1. The topological polar surface area (TPSA) is 50.2 Å². The number of benzene rings is 1. The molecule has 1 aromatic heterocycles. The van der Waals surface area contributed by atoms with Crippen LogP contribution in [0.25, 0.3) is 11.1 Å². The molecule has 1 N–H and O–H groups in total. The van der Waals surface area contributed by atoms with E-state index in [1.165, 1.54) is 0 Å². The van der Waals surface area contributed by atoms with Gasteiger partial charge in [0, 0.05) is 12.4 Å². The number of carboxylic acids is 1. The predicted molar refractivity (Wildman–Crippen MR) is 70.2 cm³/mol. The van der Waals surface area contributed by atoms with Gasteiger partial charge < -0.3 is 5.11 Å². The molecule has 0 unspecified atom stereocenters. The molecule has 3 nitrogen and oxygen atoms in total. The number of carboxylic acid groups (broad SMARTS) is 1. The Labute approximate surface area is 106 Å². The maximum Gasteiger partial charge on any atom is 0.306 e. The van der Waals surface area contributed by atoms with Crippen molar-refractivity contribution in [3.8, 4) is 11.1 Å². The lowest BCUT2D eigenvalue weighted by atomic mass is 9.99. The minimum absolute atomic E-state index is 0.353. The number of aliphatic carboxylic acids is 1. The fraction of sp³-hybridized carbons (Fsp3) is 0.200. The van der Waals surface area contributed by atoms with E-state index in [4.69, 9.17) is 5.11 Å². The zero-order chi connectivity index (χ0) is 13.0. The summed E-state index contributed by atoms with van der Waals surface area (Å²) in [5.41, 5.74) is 3.20. The number of nitrogens with zero attached hydrogens (tertiary/aromatic N) is 1. The number of pyridine rings is 1. The summed E-state index contributed by atoms with van der Waals surface area (Å²) in [6, 6.07) is 11.9. The van der Waals surface area contributed by atoms with Crippen molar-refractivity contribution in [1.82, 2.24) is 4.98 Å². The van der Waals surface area contributed by atoms with Crippen molar-refractivity contribution < 1.29 is 9.90 Å². The Kier molecular flexibility index (Phi) is 3.72. The number of hydrogen-bond acceptors (Lipinski definition) is 2. The van der Waals surface area contributed by atoms with Gasteiger partial charge in [-0.15, -0.1) is 0 Å². The lowest BCUT2D eigenvalue weighted by molar-refractivity contribution is -0.141. The average Bonchev–Trinajstić information content (AvgIpc) is 2.40. The summed E-state index contributed by atoms with van der Waals surface area (Å²) in [6.07, 6.45) is 4.12. The second-order valence-corrected chi connectivity index (χ2v) is 4.38. The molecule has 92 valence electrons. The normalized spacial score (nSPS) is 12.1. The summed E-state index contributed by atoms with van der Waals surface area (Å²) < 4.78 is 0. The van der Waals surface area contributed by atoms with E-state index >= 15 is 0 Å². The molecule has 1 atom stereocenters. The third-order valence-electron chi connectivity index (χ3n) is 2.91. The van der Waals surface area contributed by atoms with Crippen molar-refractivity contribution in [1.29, 1.82) is 0 Å². The molecule has 2 aromatic rings. The molecule has 0 saturated heterocycles. The minimum Gasteiger partial charge on any atom is -0.481 e. The highest BCUT2D eigenvalue weighted by molar-refractivity contribution is 5.70. The van der Waals surface area contributed by atoms with E-state index in [1.54, 1.807) is 13.1 Å². The Hall–Kier alpha value is -2.16. The smallest absolute Gasteiger partial charge is 0.306 e. The minimum atomic E-state index is -0.758. The van der Waals surface area contributed by atoms with Gasteiger partial charge in [0.05, 0.1) is 5.92 Å². The highest BCUT2D eigenvalue weighted by atomic mass is 16.4. The van der Waals surface area contributed by atoms with Crippen LogP contribution in [0.2, 0.25) is 0 Å². The van der Waals surface area contributed by atoms with E-state index in [-0.39, 0.29) is 5.92 Å². The Balaban J connectivity index is 2.13. The van der Waals surface area contributed by atoms with Crippen LogP contribution < -0.4 is 0 Å². The Bertz CT molecular complexity index is 520. The van der Waals surface area contributed by atoms with Gasteiger partial charge in [0.15, 0.2) is 0 Å². The van der Waals surface area contributed by atoms with Gasteiger partial charge in [0.2, 0.25) is 0 Å². The van der Waals surface area contributed by atoms with Gasteiger partial charge in [-0.2, -0.15) is 0 Å². The van der Waals surface area contributed by atoms with Gasteiger partial charge >= 0.3 is 5.97 Å². The predicted octanol–water partition coefficient (Wildman–Crippen LogP) is 3.01. The number of aromatic nitrogens is 1. The summed E-state index contributed by atoms with van der Waals surface area (Å²) >= 11 is 0. The van der Waals surface area contributed by atoms with E-state index in [9.17, 15) is 4.79 Å². The summed E-state index contributed by atoms with van der Waals surface area (Å²) in [7, 11) is 0. The molecule has 0 aliphatic heterocycles. The van der Waals surface area contributed by atoms with E-state index < -0.39 is 5.97 Å². The molecular formula is C15H15NO2. The molecule has 2 rings (SSSR count).